The Kier molecular flexibility index (Phi) is 2.41. The van der Waals surface area contributed by atoms with E-state index in [4.69, 9.17) is 5.73 Å². The molecule has 90 valence electrons. The molecule has 1 heterocycles. The zero-order chi connectivity index (χ0) is 12.5. The molecule has 0 fully saturated rings. The Morgan fingerprint density at radius 1 is 1.06 bits per heavy atom. The smallest absolute Gasteiger partial charge is 0.125 e. The van der Waals surface area contributed by atoms with E-state index in [9.17, 15) is 4.39 Å². The summed E-state index contributed by atoms with van der Waals surface area (Å²) in [5.41, 5.74) is 8.80. The molecule has 0 radical (unpaired) electrons. The number of aromatic nitrogens is 1. The second kappa shape index (κ2) is 4.07. The summed E-state index contributed by atoms with van der Waals surface area (Å²) in [6.07, 6.45) is 1.84. The predicted octanol–water partition coefficient (Wildman–Crippen LogP) is 3.63. The lowest BCUT2D eigenvalue weighted by Gasteiger charge is -2.08. The van der Waals surface area contributed by atoms with E-state index < -0.39 is 0 Å². The van der Waals surface area contributed by atoms with E-state index in [-0.39, 0.29) is 5.82 Å². The number of hydrogen-bond donors (Lipinski definition) is 3. The van der Waals surface area contributed by atoms with Gasteiger partial charge in [0.2, 0.25) is 0 Å². The van der Waals surface area contributed by atoms with Crippen molar-refractivity contribution in [3.63, 3.8) is 0 Å². The van der Waals surface area contributed by atoms with E-state index in [2.05, 4.69) is 10.3 Å². The van der Waals surface area contributed by atoms with E-state index >= 15 is 0 Å². The van der Waals surface area contributed by atoms with Crippen LogP contribution in [-0.4, -0.2) is 4.98 Å². The van der Waals surface area contributed by atoms with Crippen LogP contribution in [0.25, 0.3) is 10.9 Å². The van der Waals surface area contributed by atoms with Gasteiger partial charge in [-0.05, 0) is 24.3 Å². The van der Waals surface area contributed by atoms with Gasteiger partial charge in [0, 0.05) is 17.1 Å². The third-order valence-corrected chi connectivity index (χ3v) is 2.87. The maximum absolute atomic E-state index is 13.2. The second-order valence-electron chi connectivity index (χ2n) is 4.10. The maximum Gasteiger partial charge on any atom is 0.125 e. The van der Waals surface area contributed by atoms with Crippen molar-refractivity contribution in [1.82, 2.24) is 4.98 Å². The van der Waals surface area contributed by atoms with Crippen LogP contribution < -0.4 is 11.1 Å². The van der Waals surface area contributed by atoms with Crippen LogP contribution in [-0.2, 0) is 0 Å². The highest BCUT2D eigenvalue weighted by molar-refractivity contribution is 5.95. The molecule has 0 saturated heterocycles. The van der Waals surface area contributed by atoms with Crippen molar-refractivity contribution >= 4 is 28.0 Å². The number of benzene rings is 2. The van der Waals surface area contributed by atoms with Crippen molar-refractivity contribution in [3.05, 3.63) is 54.5 Å². The summed E-state index contributed by atoms with van der Waals surface area (Å²) in [7, 11) is 0. The predicted molar refractivity (Wildman–Crippen MR) is 72.4 cm³/mol. The van der Waals surface area contributed by atoms with Gasteiger partial charge < -0.3 is 16.0 Å². The largest absolute Gasteiger partial charge is 0.397 e. The Labute approximate surface area is 103 Å². The second-order valence-corrected chi connectivity index (χ2v) is 4.10. The van der Waals surface area contributed by atoms with Gasteiger partial charge in [0.05, 0.1) is 17.1 Å². The van der Waals surface area contributed by atoms with Crippen LogP contribution in [0.1, 0.15) is 0 Å². The highest BCUT2D eigenvalue weighted by Crippen LogP contribution is 2.29. The number of anilines is 3. The summed E-state index contributed by atoms with van der Waals surface area (Å²) >= 11 is 0. The summed E-state index contributed by atoms with van der Waals surface area (Å²) in [5, 5.41) is 4.18. The molecule has 3 aromatic rings. The van der Waals surface area contributed by atoms with Crippen LogP contribution in [0, 0.1) is 5.82 Å². The number of nitrogen functional groups attached to an aromatic ring is 1. The van der Waals surface area contributed by atoms with E-state index in [1.807, 2.05) is 30.5 Å². The number of halogens is 1. The first kappa shape index (κ1) is 10.7. The summed E-state index contributed by atoms with van der Waals surface area (Å²) in [4.78, 5) is 3.15. The molecular formula is C14H12FN3. The third kappa shape index (κ3) is 1.78. The minimum atomic E-state index is -0.313. The minimum Gasteiger partial charge on any atom is -0.397 e. The highest BCUT2D eigenvalue weighted by Gasteiger charge is 2.06. The average molecular weight is 241 g/mol. The van der Waals surface area contributed by atoms with Crippen molar-refractivity contribution in [2.75, 3.05) is 11.1 Å². The molecule has 0 atom stereocenters. The molecule has 0 amide bonds. The van der Waals surface area contributed by atoms with Gasteiger partial charge in [-0.25, -0.2) is 4.39 Å². The Hall–Kier alpha value is -2.49. The Balaban J connectivity index is 2.04. The number of hydrogen-bond acceptors (Lipinski definition) is 2. The molecule has 0 aliphatic carbocycles. The van der Waals surface area contributed by atoms with Crippen LogP contribution in [0.3, 0.4) is 0 Å². The Morgan fingerprint density at radius 2 is 1.89 bits per heavy atom. The lowest BCUT2D eigenvalue weighted by molar-refractivity contribution is 0.628. The van der Waals surface area contributed by atoms with Gasteiger partial charge in [-0.1, -0.05) is 18.2 Å². The molecule has 2 aromatic carbocycles. The topological polar surface area (TPSA) is 53.8 Å². The van der Waals surface area contributed by atoms with E-state index in [1.165, 1.54) is 12.1 Å². The van der Waals surface area contributed by atoms with Gasteiger partial charge in [-0.3, -0.25) is 0 Å². The molecule has 0 bridgehead atoms. The number of fused-ring (bicyclic) bond motifs is 1. The van der Waals surface area contributed by atoms with E-state index in [0.717, 1.165) is 16.6 Å². The van der Waals surface area contributed by atoms with Gasteiger partial charge in [0.15, 0.2) is 0 Å². The number of nitrogens with one attached hydrogen (secondary N) is 2. The summed E-state index contributed by atoms with van der Waals surface area (Å²) in [5.74, 6) is -0.313. The summed E-state index contributed by atoms with van der Waals surface area (Å²) < 4.78 is 13.2. The number of aromatic amines is 1. The van der Waals surface area contributed by atoms with Gasteiger partial charge in [-0.15, -0.1) is 0 Å². The Bertz CT molecular complexity index is 703. The molecule has 3 nitrogen and oxygen atoms in total. The normalized spacial score (nSPS) is 10.7. The molecule has 1 aromatic heterocycles. The van der Waals surface area contributed by atoms with Crippen molar-refractivity contribution < 1.29 is 4.39 Å². The van der Waals surface area contributed by atoms with E-state index in [1.54, 1.807) is 6.07 Å². The minimum absolute atomic E-state index is 0.313. The van der Waals surface area contributed by atoms with E-state index in [0.29, 0.717) is 11.4 Å². The van der Waals surface area contributed by atoms with Gasteiger partial charge >= 0.3 is 0 Å². The molecule has 4 heteroatoms. The molecule has 18 heavy (non-hydrogen) atoms. The molecular weight excluding hydrogens is 229 g/mol. The van der Waals surface area contributed by atoms with Crippen molar-refractivity contribution in [1.29, 1.82) is 0 Å². The lowest BCUT2D eigenvalue weighted by atomic mass is 10.2. The fourth-order valence-corrected chi connectivity index (χ4v) is 1.96. The summed E-state index contributed by atoms with van der Waals surface area (Å²) in [6.45, 7) is 0. The molecule has 3 rings (SSSR count). The molecule has 0 unspecified atom stereocenters. The lowest BCUT2D eigenvalue weighted by Crippen LogP contribution is -1.96. The number of nitrogens with two attached hydrogens (primary N) is 1. The number of para-hydroxylation sites is 1. The van der Waals surface area contributed by atoms with Crippen molar-refractivity contribution in [2.45, 2.75) is 0 Å². The first-order valence-electron chi connectivity index (χ1n) is 5.62. The quantitative estimate of drug-likeness (QED) is 0.600. The fourth-order valence-electron chi connectivity index (χ4n) is 1.96. The molecule has 4 N–H and O–H groups in total. The first-order valence-corrected chi connectivity index (χ1v) is 5.62. The molecule has 0 saturated carbocycles. The number of rotatable bonds is 2. The first-order chi connectivity index (χ1) is 8.74. The number of H-pyrrole nitrogens is 1. The van der Waals surface area contributed by atoms with Gasteiger partial charge in [-0.2, -0.15) is 0 Å². The molecule has 0 aliphatic heterocycles. The Morgan fingerprint density at radius 3 is 2.78 bits per heavy atom. The zero-order valence-electron chi connectivity index (χ0n) is 9.57. The third-order valence-electron chi connectivity index (χ3n) is 2.87. The van der Waals surface area contributed by atoms with Crippen LogP contribution in [0.2, 0.25) is 0 Å². The standard InChI is InChI=1S/C14H12FN3/c15-9-5-6-11(16)13(7-9)18-14-8-17-12-4-2-1-3-10(12)14/h1-8,17-18H,16H2. The van der Waals surface area contributed by atoms with Crippen molar-refractivity contribution in [2.24, 2.45) is 0 Å². The van der Waals surface area contributed by atoms with Crippen LogP contribution in [0.4, 0.5) is 21.5 Å². The fraction of sp³-hybridized carbons (Fsp3) is 0. The van der Waals surface area contributed by atoms with Gasteiger partial charge in [0.1, 0.15) is 5.82 Å². The SMILES string of the molecule is Nc1ccc(F)cc1Nc1c[nH]c2ccccc12. The average Bonchev–Trinajstić information content (AvgIpc) is 2.78. The maximum atomic E-state index is 13.2. The van der Waals surface area contributed by atoms with Gasteiger partial charge in [0.25, 0.3) is 0 Å². The molecule has 0 spiro atoms. The van der Waals surface area contributed by atoms with Crippen molar-refractivity contribution in [3.8, 4) is 0 Å². The monoisotopic (exact) mass is 241 g/mol. The highest BCUT2D eigenvalue weighted by atomic mass is 19.1. The van der Waals surface area contributed by atoms with Crippen LogP contribution >= 0.6 is 0 Å². The summed E-state index contributed by atoms with van der Waals surface area (Å²) in [6, 6.07) is 12.2. The molecule has 0 aliphatic rings. The van der Waals surface area contributed by atoms with Crippen LogP contribution in [0.15, 0.2) is 48.7 Å². The van der Waals surface area contributed by atoms with Crippen LogP contribution in [0.5, 0.6) is 0 Å². The zero-order valence-corrected chi connectivity index (χ0v) is 9.57.